The summed E-state index contributed by atoms with van der Waals surface area (Å²) in [5.74, 6) is 0.303. The lowest BCUT2D eigenvalue weighted by Crippen LogP contribution is -2.33. The van der Waals surface area contributed by atoms with Gasteiger partial charge in [0.05, 0.1) is 18.5 Å². The summed E-state index contributed by atoms with van der Waals surface area (Å²) < 4.78 is 5.80. The summed E-state index contributed by atoms with van der Waals surface area (Å²) >= 11 is 5.92. The van der Waals surface area contributed by atoms with Crippen molar-refractivity contribution in [2.75, 3.05) is 0 Å². The molecule has 0 bridgehead atoms. The van der Waals surface area contributed by atoms with Crippen LogP contribution in [-0.2, 0) is 9.59 Å². The third kappa shape index (κ3) is 4.89. The van der Waals surface area contributed by atoms with Gasteiger partial charge in [-0.15, -0.1) is 0 Å². The number of carbonyl (C=O) groups is 2. The number of rotatable bonds is 6. The first-order valence-electron chi connectivity index (χ1n) is 8.73. The van der Waals surface area contributed by atoms with Crippen molar-refractivity contribution in [3.8, 4) is 0 Å². The van der Waals surface area contributed by atoms with Crippen molar-refractivity contribution in [2.24, 2.45) is 0 Å². The normalized spacial score (nSPS) is 13.1. The molecule has 2 aromatic carbocycles. The molecule has 3 rings (SSSR count). The van der Waals surface area contributed by atoms with Crippen LogP contribution in [0.5, 0.6) is 0 Å². The van der Waals surface area contributed by atoms with E-state index in [1.807, 2.05) is 37.3 Å². The quantitative estimate of drug-likeness (QED) is 0.655. The largest absolute Gasteiger partial charge is 0.459 e. The number of benzene rings is 2. The molecule has 27 heavy (non-hydrogen) atoms. The van der Waals surface area contributed by atoms with E-state index in [1.165, 1.54) is 6.92 Å². The summed E-state index contributed by atoms with van der Waals surface area (Å²) in [6.07, 6.45) is 0.117. The van der Waals surface area contributed by atoms with Crippen LogP contribution in [-0.4, -0.2) is 11.8 Å². The summed E-state index contributed by atoms with van der Waals surface area (Å²) in [6.45, 7) is 3.29. The minimum Gasteiger partial charge on any atom is -0.459 e. The number of hydrogen-bond donors (Lipinski definition) is 2. The molecule has 6 heteroatoms. The van der Waals surface area contributed by atoms with Crippen molar-refractivity contribution in [3.05, 3.63) is 70.9 Å². The summed E-state index contributed by atoms with van der Waals surface area (Å²) in [4.78, 5) is 24.1. The Morgan fingerprint density at radius 1 is 1.07 bits per heavy atom. The molecular weight excluding hydrogens is 364 g/mol. The van der Waals surface area contributed by atoms with Crippen LogP contribution in [0.1, 0.15) is 43.7 Å². The SMILES string of the molecule is CC(=O)NC(CC(=O)NC(C)c1cc2ccccc2o1)c1ccc(Cl)cc1. The number of halogens is 1. The molecule has 1 aromatic heterocycles. The number of amides is 2. The van der Waals surface area contributed by atoms with Gasteiger partial charge in [-0.25, -0.2) is 0 Å². The van der Waals surface area contributed by atoms with Crippen LogP contribution in [0.15, 0.2) is 59.0 Å². The molecule has 2 N–H and O–H groups in total. The first-order chi connectivity index (χ1) is 12.9. The molecule has 2 unspecified atom stereocenters. The average Bonchev–Trinajstić information content (AvgIpc) is 3.05. The Morgan fingerprint density at radius 2 is 1.78 bits per heavy atom. The van der Waals surface area contributed by atoms with Crippen molar-refractivity contribution in [1.29, 1.82) is 0 Å². The summed E-state index contributed by atoms with van der Waals surface area (Å²) in [5.41, 5.74) is 1.60. The highest BCUT2D eigenvalue weighted by atomic mass is 35.5. The molecule has 0 radical (unpaired) electrons. The van der Waals surface area contributed by atoms with E-state index in [9.17, 15) is 9.59 Å². The Kier molecular flexibility index (Phi) is 5.81. The lowest BCUT2D eigenvalue weighted by molar-refractivity contribution is -0.123. The van der Waals surface area contributed by atoms with E-state index < -0.39 is 6.04 Å². The van der Waals surface area contributed by atoms with Gasteiger partial charge in [0.15, 0.2) is 0 Å². The van der Waals surface area contributed by atoms with Gasteiger partial charge in [0, 0.05) is 17.3 Å². The van der Waals surface area contributed by atoms with Crippen molar-refractivity contribution in [3.63, 3.8) is 0 Å². The van der Waals surface area contributed by atoms with Gasteiger partial charge in [-0.05, 0) is 36.8 Å². The number of para-hydroxylation sites is 1. The van der Waals surface area contributed by atoms with Gasteiger partial charge in [-0.2, -0.15) is 0 Å². The van der Waals surface area contributed by atoms with Gasteiger partial charge in [-0.3, -0.25) is 9.59 Å². The van der Waals surface area contributed by atoms with E-state index in [0.29, 0.717) is 10.8 Å². The van der Waals surface area contributed by atoms with Gasteiger partial charge in [0.2, 0.25) is 11.8 Å². The predicted molar refractivity (Wildman–Crippen MR) is 105 cm³/mol. The second kappa shape index (κ2) is 8.27. The number of fused-ring (bicyclic) bond motifs is 1. The molecule has 0 aliphatic rings. The zero-order chi connectivity index (χ0) is 19.4. The first-order valence-corrected chi connectivity index (χ1v) is 9.10. The van der Waals surface area contributed by atoms with Crippen LogP contribution in [0, 0.1) is 0 Å². The molecule has 1 heterocycles. The van der Waals surface area contributed by atoms with Gasteiger partial charge in [0.25, 0.3) is 0 Å². The van der Waals surface area contributed by atoms with E-state index in [2.05, 4.69) is 10.6 Å². The van der Waals surface area contributed by atoms with Crippen LogP contribution >= 0.6 is 11.6 Å². The van der Waals surface area contributed by atoms with Crippen LogP contribution in [0.3, 0.4) is 0 Å². The zero-order valence-electron chi connectivity index (χ0n) is 15.2. The maximum Gasteiger partial charge on any atom is 0.222 e. The van der Waals surface area contributed by atoms with Crippen molar-refractivity contribution >= 4 is 34.4 Å². The second-order valence-corrected chi connectivity index (χ2v) is 6.92. The highest BCUT2D eigenvalue weighted by Gasteiger charge is 2.20. The molecular formula is C21H21ClN2O3. The molecule has 5 nitrogen and oxygen atoms in total. The molecule has 0 saturated heterocycles. The molecule has 0 saturated carbocycles. The number of furan rings is 1. The van der Waals surface area contributed by atoms with Crippen LogP contribution in [0.4, 0.5) is 0 Å². The Hall–Kier alpha value is -2.79. The Labute approximate surface area is 162 Å². The molecule has 2 atom stereocenters. The van der Waals surface area contributed by atoms with Gasteiger partial charge >= 0.3 is 0 Å². The van der Waals surface area contributed by atoms with Gasteiger partial charge in [-0.1, -0.05) is 41.9 Å². The molecule has 0 aliphatic heterocycles. The van der Waals surface area contributed by atoms with E-state index in [1.54, 1.807) is 24.3 Å². The zero-order valence-corrected chi connectivity index (χ0v) is 15.9. The maximum atomic E-state index is 12.5. The van der Waals surface area contributed by atoms with Crippen LogP contribution < -0.4 is 10.6 Å². The number of carbonyl (C=O) groups excluding carboxylic acids is 2. The molecule has 140 valence electrons. The highest BCUT2D eigenvalue weighted by Crippen LogP contribution is 2.24. The minimum atomic E-state index is -0.428. The fourth-order valence-corrected chi connectivity index (χ4v) is 3.09. The number of nitrogens with one attached hydrogen (secondary N) is 2. The maximum absolute atomic E-state index is 12.5. The van der Waals surface area contributed by atoms with Gasteiger partial charge in [0.1, 0.15) is 11.3 Å². The third-order valence-electron chi connectivity index (χ3n) is 4.29. The van der Waals surface area contributed by atoms with E-state index in [4.69, 9.17) is 16.0 Å². The Bertz CT molecular complexity index is 916. The molecule has 0 aliphatic carbocycles. The third-order valence-corrected chi connectivity index (χ3v) is 4.54. The monoisotopic (exact) mass is 384 g/mol. The lowest BCUT2D eigenvalue weighted by Gasteiger charge is -2.19. The lowest BCUT2D eigenvalue weighted by atomic mass is 10.0. The van der Waals surface area contributed by atoms with E-state index in [-0.39, 0.29) is 24.3 Å². The van der Waals surface area contributed by atoms with E-state index in [0.717, 1.165) is 16.5 Å². The Balaban J connectivity index is 1.69. The fourth-order valence-electron chi connectivity index (χ4n) is 2.97. The molecule has 3 aromatic rings. The average molecular weight is 385 g/mol. The second-order valence-electron chi connectivity index (χ2n) is 6.48. The van der Waals surface area contributed by atoms with E-state index >= 15 is 0 Å². The summed E-state index contributed by atoms with van der Waals surface area (Å²) in [6, 6.07) is 16.0. The topological polar surface area (TPSA) is 71.3 Å². The number of hydrogen-bond acceptors (Lipinski definition) is 3. The van der Waals surface area contributed by atoms with Crippen molar-refractivity contribution in [2.45, 2.75) is 32.4 Å². The van der Waals surface area contributed by atoms with Crippen LogP contribution in [0.25, 0.3) is 11.0 Å². The molecule has 0 spiro atoms. The van der Waals surface area contributed by atoms with Gasteiger partial charge < -0.3 is 15.1 Å². The van der Waals surface area contributed by atoms with Crippen molar-refractivity contribution in [1.82, 2.24) is 10.6 Å². The van der Waals surface area contributed by atoms with Crippen LogP contribution in [0.2, 0.25) is 5.02 Å². The molecule has 2 amide bonds. The Morgan fingerprint density at radius 3 is 2.44 bits per heavy atom. The predicted octanol–water partition coefficient (Wildman–Crippen LogP) is 4.53. The standard InChI is InChI=1S/C21H21ClN2O3/c1-13(20-11-16-5-3-4-6-19(16)27-20)23-21(26)12-18(24-14(2)25)15-7-9-17(22)10-8-15/h3-11,13,18H,12H2,1-2H3,(H,23,26)(H,24,25). The molecule has 0 fully saturated rings. The first kappa shape index (κ1) is 19.0. The summed E-state index contributed by atoms with van der Waals surface area (Å²) in [5, 5.41) is 7.34. The smallest absolute Gasteiger partial charge is 0.222 e. The highest BCUT2D eigenvalue weighted by molar-refractivity contribution is 6.30. The summed E-state index contributed by atoms with van der Waals surface area (Å²) in [7, 11) is 0. The van der Waals surface area contributed by atoms with Crippen molar-refractivity contribution < 1.29 is 14.0 Å². The minimum absolute atomic E-state index is 0.117. The fraction of sp³-hybridized carbons (Fsp3) is 0.238.